The molecule has 3 heterocycles. The lowest BCUT2D eigenvalue weighted by Gasteiger charge is -2.06. The average molecular weight is 269 g/mol. The Bertz CT molecular complexity index is 782. The van der Waals surface area contributed by atoms with Crippen molar-refractivity contribution in [3.8, 4) is 0 Å². The molecule has 94 valence electrons. The van der Waals surface area contributed by atoms with Crippen LogP contribution in [0.2, 0.25) is 0 Å². The van der Waals surface area contributed by atoms with Gasteiger partial charge in [-0.25, -0.2) is 4.98 Å². The number of pyridine rings is 1. The lowest BCUT2D eigenvalue weighted by Crippen LogP contribution is -2.05. The fourth-order valence-electron chi connectivity index (χ4n) is 2.51. The summed E-state index contributed by atoms with van der Waals surface area (Å²) in [7, 11) is -1.13. The van der Waals surface area contributed by atoms with Gasteiger partial charge in [-0.05, 0) is 24.3 Å². The van der Waals surface area contributed by atoms with Crippen LogP contribution in [0, 0.1) is 0 Å². The van der Waals surface area contributed by atoms with E-state index >= 15 is 0 Å². The van der Waals surface area contributed by atoms with Crippen LogP contribution in [0.4, 0.5) is 0 Å². The van der Waals surface area contributed by atoms with Crippen molar-refractivity contribution in [2.24, 2.45) is 0 Å². The van der Waals surface area contributed by atoms with Gasteiger partial charge in [0, 0.05) is 12.7 Å². The minimum absolute atomic E-state index is 0.0895. The topological polar surface area (TPSA) is 47.8 Å². The van der Waals surface area contributed by atoms with E-state index < -0.39 is 10.8 Å². The molecule has 2 unspecified atom stereocenters. The second-order valence-corrected chi connectivity index (χ2v) is 6.06. The molecule has 0 N–H and O–H groups in total. The first-order valence-electron chi connectivity index (χ1n) is 6.11. The maximum atomic E-state index is 12.6. The molecule has 2 atom stereocenters. The minimum Gasteiger partial charge on any atom is -0.315 e. The fourth-order valence-corrected chi connectivity index (χ4v) is 3.99. The van der Waals surface area contributed by atoms with Crippen molar-refractivity contribution < 1.29 is 4.21 Å². The summed E-state index contributed by atoms with van der Waals surface area (Å²) in [6.07, 6.45) is 1.74. The molecule has 0 radical (unpaired) electrons. The van der Waals surface area contributed by atoms with Gasteiger partial charge in [0.05, 0.1) is 16.7 Å². The Morgan fingerprint density at radius 2 is 2.00 bits per heavy atom. The molecule has 4 nitrogen and oxygen atoms in total. The number of aromatic nitrogens is 3. The molecule has 1 aromatic carbocycles. The van der Waals surface area contributed by atoms with Gasteiger partial charge in [-0.3, -0.25) is 9.19 Å². The third kappa shape index (κ3) is 1.55. The Kier molecular flexibility index (Phi) is 2.29. The average Bonchev–Trinajstić information content (AvgIpc) is 2.98. The van der Waals surface area contributed by atoms with E-state index in [4.69, 9.17) is 0 Å². The Labute approximate surface area is 112 Å². The molecule has 0 saturated carbocycles. The third-order valence-electron chi connectivity index (χ3n) is 3.42. The van der Waals surface area contributed by atoms with Crippen molar-refractivity contribution in [3.05, 3.63) is 54.4 Å². The van der Waals surface area contributed by atoms with Crippen molar-refractivity contribution in [2.45, 2.75) is 17.0 Å². The summed E-state index contributed by atoms with van der Waals surface area (Å²) in [4.78, 5) is 8.80. The van der Waals surface area contributed by atoms with E-state index in [1.54, 1.807) is 6.20 Å². The van der Waals surface area contributed by atoms with Crippen LogP contribution in [0.1, 0.15) is 10.9 Å². The molecule has 1 aliphatic heterocycles. The molecule has 0 amide bonds. The number of imidazole rings is 1. The van der Waals surface area contributed by atoms with Crippen LogP contribution in [-0.4, -0.2) is 18.7 Å². The summed E-state index contributed by atoms with van der Waals surface area (Å²) in [6.45, 7) is 0.680. The highest BCUT2D eigenvalue weighted by atomic mass is 32.2. The molecule has 0 fully saturated rings. The Balaban J connectivity index is 1.85. The number of benzene rings is 1. The van der Waals surface area contributed by atoms with Crippen molar-refractivity contribution in [3.63, 3.8) is 0 Å². The van der Waals surface area contributed by atoms with E-state index in [1.165, 1.54) is 0 Å². The summed E-state index contributed by atoms with van der Waals surface area (Å²) < 4.78 is 14.6. The predicted molar refractivity (Wildman–Crippen MR) is 73.1 cm³/mol. The first kappa shape index (κ1) is 10.9. The van der Waals surface area contributed by atoms with Gasteiger partial charge in [0.1, 0.15) is 16.0 Å². The largest absolute Gasteiger partial charge is 0.315 e. The van der Waals surface area contributed by atoms with Gasteiger partial charge in [-0.2, -0.15) is 0 Å². The molecule has 19 heavy (non-hydrogen) atoms. The summed E-state index contributed by atoms with van der Waals surface area (Å²) >= 11 is 0. The van der Waals surface area contributed by atoms with Crippen LogP contribution < -0.4 is 0 Å². The summed E-state index contributed by atoms with van der Waals surface area (Å²) in [5.74, 6) is 0. The maximum absolute atomic E-state index is 12.6. The van der Waals surface area contributed by atoms with Crippen molar-refractivity contribution >= 4 is 21.8 Å². The monoisotopic (exact) mass is 269 g/mol. The van der Waals surface area contributed by atoms with Crippen LogP contribution >= 0.6 is 0 Å². The Morgan fingerprint density at radius 3 is 2.84 bits per heavy atom. The molecular formula is C14H11N3OS. The zero-order valence-electron chi connectivity index (χ0n) is 10.1. The SMILES string of the molecule is O=S1c2nc3ccccc3n2CC1c1ccccn1. The first-order chi connectivity index (χ1) is 9.34. The predicted octanol–water partition coefficient (Wildman–Crippen LogP) is 2.29. The molecule has 0 saturated heterocycles. The van der Waals surface area contributed by atoms with Crippen molar-refractivity contribution in [2.75, 3.05) is 0 Å². The standard InChI is InChI=1S/C14H11N3OS/c18-19-13(11-6-3-4-8-15-11)9-17-12-7-2-1-5-10(12)16-14(17)19/h1-8,13H,9H2. The molecule has 4 rings (SSSR count). The number of para-hydroxylation sites is 2. The van der Waals surface area contributed by atoms with E-state index in [0.717, 1.165) is 16.7 Å². The lowest BCUT2D eigenvalue weighted by molar-refractivity contribution is 0.666. The smallest absolute Gasteiger partial charge is 0.200 e. The van der Waals surface area contributed by atoms with Gasteiger partial charge >= 0.3 is 0 Å². The van der Waals surface area contributed by atoms with Crippen LogP contribution in [0.5, 0.6) is 0 Å². The lowest BCUT2D eigenvalue weighted by atomic mass is 10.2. The van der Waals surface area contributed by atoms with E-state index in [9.17, 15) is 4.21 Å². The number of rotatable bonds is 1. The number of fused-ring (bicyclic) bond motifs is 3. The summed E-state index contributed by atoms with van der Waals surface area (Å²) in [6, 6.07) is 13.6. The highest BCUT2D eigenvalue weighted by molar-refractivity contribution is 7.85. The second-order valence-electron chi connectivity index (χ2n) is 4.53. The minimum atomic E-state index is -1.13. The molecule has 5 heteroatoms. The van der Waals surface area contributed by atoms with Gasteiger partial charge in [0.15, 0.2) is 0 Å². The van der Waals surface area contributed by atoms with Crippen LogP contribution in [0.25, 0.3) is 11.0 Å². The van der Waals surface area contributed by atoms with Crippen LogP contribution in [-0.2, 0) is 17.3 Å². The van der Waals surface area contributed by atoms with Gasteiger partial charge in [-0.15, -0.1) is 0 Å². The Hall–Kier alpha value is -2.01. The number of hydrogen-bond acceptors (Lipinski definition) is 3. The molecule has 0 aliphatic carbocycles. The van der Waals surface area contributed by atoms with Crippen LogP contribution in [0.3, 0.4) is 0 Å². The van der Waals surface area contributed by atoms with Gasteiger partial charge < -0.3 is 4.57 Å². The highest BCUT2D eigenvalue weighted by Crippen LogP contribution is 2.34. The zero-order chi connectivity index (χ0) is 12.8. The molecule has 0 spiro atoms. The molecule has 1 aliphatic rings. The van der Waals surface area contributed by atoms with Crippen molar-refractivity contribution in [1.29, 1.82) is 0 Å². The van der Waals surface area contributed by atoms with Gasteiger partial charge in [0.2, 0.25) is 5.16 Å². The highest BCUT2D eigenvalue weighted by Gasteiger charge is 2.34. The van der Waals surface area contributed by atoms with E-state index in [-0.39, 0.29) is 5.25 Å². The molecular weight excluding hydrogens is 258 g/mol. The molecule has 3 aromatic rings. The Morgan fingerprint density at radius 1 is 1.16 bits per heavy atom. The summed E-state index contributed by atoms with van der Waals surface area (Å²) in [5, 5.41) is 0.574. The number of hydrogen-bond donors (Lipinski definition) is 0. The van der Waals surface area contributed by atoms with E-state index in [0.29, 0.717) is 11.7 Å². The molecule has 0 bridgehead atoms. The first-order valence-corrected chi connectivity index (χ1v) is 7.32. The van der Waals surface area contributed by atoms with Gasteiger partial charge in [-0.1, -0.05) is 18.2 Å². The molecule has 2 aromatic heterocycles. The second kappa shape index (κ2) is 3.99. The van der Waals surface area contributed by atoms with E-state index in [2.05, 4.69) is 9.97 Å². The van der Waals surface area contributed by atoms with Gasteiger partial charge in [0.25, 0.3) is 0 Å². The quantitative estimate of drug-likeness (QED) is 0.681. The third-order valence-corrected chi connectivity index (χ3v) is 5.00. The van der Waals surface area contributed by atoms with E-state index in [1.807, 2.05) is 47.0 Å². The number of nitrogens with zero attached hydrogens (tertiary/aromatic N) is 3. The normalized spacial score (nSPS) is 21.7. The van der Waals surface area contributed by atoms with Crippen molar-refractivity contribution in [1.82, 2.24) is 14.5 Å². The summed E-state index contributed by atoms with van der Waals surface area (Å²) in [5.41, 5.74) is 2.82. The zero-order valence-corrected chi connectivity index (χ0v) is 10.9. The van der Waals surface area contributed by atoms with Crippen LogP contribution in [0.15, 0.2) is 53.8 Å². The fraction of sp³-hybridized carbons (Fsp3) is 0.143. The maximum Gasteiger partial charge on any atom is 0.200 e.